The van der Waals surface area contributed by atoms with Crippen molar-refractivity contribution in [3.63, 3.8) is 0 Å². The third-order valence-corrected chi connectivity index (χ3v) is 2.93. The van der Waals surface area contributed by atoms with Gasteiger partial charge in [-0.25, -0.2) is 0 Å². The van der Waals surface area contributed by atoms with Crippen molar-refractivity contribution in [2.24, 2.45) is 0 Å². The van der Waals surface area contributed by atoms with Gasteiger partial charge in [-0.1, -0.05) is 36.4 Å². The lowest BCUT2D eigenvalue weighted by Gasteiger charge is -2.06. The van der Waals surface area contributed by atoms with Gasteiger partial charge in [0.2, 0.25) is 0 Å². The van der Waals surface area contributed by atoms with E-state index >= 15 is 0 Å². The number of rotatable bonds is 0. The second kappa shape index (κ2) is 2.74. The molecule has 0 saturated heterocycles. The molecule has 1 heterocycles. The molecule has 1 aliphatic heterocycles. The van der Waals surface area contributed by atoms with Crippen LogP contribution in [-0.2, 0) is 6.42 Å². The van der Waals surface area contributed by atoms with E-state index in [2.05, 4.69) is 48.6 Å². The van der Waals surface area contributed by atoms with Crippen molar-refractivity contribution in [1.82, 2.24) is 0 Å². The van der Waals surface area contributed by atoms with E-state index in [9.17, 15) is 0 Å². The Labute approximate surface area is 83.8 Å². The summed E-state index contributed by atoms with van der Waals surface area (Å²) < 4.78 is 0. The maximum Gasteiger partial charge on any atom is 0.0455 e. The molecule has 1 unspecified atom stereocenters. The zero-order chi connectivity index (χ0) is 9.54. The summed E-state index contributed by atoms with van der Waals surface area (Å²) in [5.74, 6) is 0. The van der Waals surface area contributed by atoms with Gasteiger partial charge in [-0.3, -0.25) is 0 Å². The molecule has 2 aromatic carbocycles. The number of anilines is 1. The van der Waals surface area contributed by atoms with Gasteiger partial charge in [0.05, 0.1) is 0 Å². The van der Waals surface area contributed by atoms with Crippen LogP contribution in [0.5, 0.6) is 0 Å². The van der Waals surface area contributed by atoms with Crippen molar-refractivity contribution in [3.05, 3.63) is 42.0 Å². The van der Waals surface area contributed by atoms with Crippen LogP contribution in [0.15, 0.2) is 36.4 Å². The lowest BCUT2D eigenvalue weighted by Crippen LogP contribution is -2.08. The molecular weight excluding hydrogens is 170 g/mol. The predicted molar refractivity (Wildman–Crippen MR) is 60.7 cm³/mol. The standard InChI is InChI=1S/C13H13N/c1-9-8-11-7-6-10-4-2-3-5-12(10)13(11)14-9/h2-7,9,14H,8H2,1H3. The van der Waals surface area contributed by atoms with Crippen LogP contribution >= 0.6 is 0 Å². The first-order valence-electron chi connectivity index (χ1n) is 5.12. The van der Waals surface area contributed by atoms with E-state index in [1.165, 1.54) is 22.0 Å². The summed E-state index contributed by atoms with van der Waals surface area (Å²) in [5, 5.41) is 6.22. The Morgan fingerprint density at radius 3 is 2.93 bits per heavy atom. The SMILES string of the molecule is CC1Cc2ccc3ccccc3c2N1. The summed E-state index contributed by atoms with van der Waals surface area (Å²) >= 11 is 0. The van der Waals surface area contributed by atoms with Gasteiger partial charge in [0.1, 0.15) is 0 Å². The van der Waals surface area contributed by atoms with E-state index in [0.29, 0.717) is 6.04 Å². The van der Waals surface area contributed by atoms with Crippen LogP contribution in [0.2, 0.25) is 0 Å². The summed E-state index contributed by atoms with van der Waals surface area (Å²) in [6.07, 6.45) is 1.15. The summed E-state index contributed by atoms with van der Waals surface area (Å²) in [4.78, 5) is 0. The molecule has 70 valence electrons. The fraction of sp³-hybridized carbons (Fsp3) is 0.231. The Kier molecular flexibility index (Phi) is 1.54. The molecule has 0 bridgehead atoms. The molecule has 0 radical (unpaired) electrons. The Morgan fingerprint density at radius 2 is 2.00 bits per heavy atom. The van der Waals surface area contributed by atoms with Crippen molar-refractivity contribution in [1.29, 1.82) is 0 Å². The maximum absolute atomic E-state index is 3.54. The summed E-state index contributed by atoms with van der Waals surface area (Å²) in [7, 11) is 0. The molecule has 1 N–H and O–H groups in total. The van der Waals surface area contributed by atoms with Crippen molar-refractivity contribution in [2.75, 3.05) is 5.32 Å². The van der Waals surface area contributed by atoms with Gasteiger partial charge in [-0.15, -0.1) is 0 Å². The molecule has 14 heavy (non-hydrogen) atoms. The van der Waals surface area contributed by atoms with Gasteiger partial charge in [0, 0.05) is 17.1 Å². The topological polar surface area (TPSA) is 12.0 Å². The smallest absolute Gasteiger partial charge is 0.0455 e. The number of hydrogen-bond acceptors (Lipinski definition) is 1. The first-order chi connectivity index (χ1) is 6.84. The molecule has 0 fully saturated rings. The fourth-order valence-electron chi connectivity index (χ4n) is 2.28. The minimum absolute atomic E-state index is 0.579. The molecule has 0 spiro atoms. The molecular formula is C13H13N. The normalized spacial score (nSPS) is 19.4. The molecule has 1 aliphatic rings. The van der Waals surface area contributed by atoms with Crippen LogP contribution in [0.25, 0.3) is 10.8 Å². The first-order valence-corrected chi connectivity index (χ1v) is 5.12. The van der Waals surface area contributed by atoms with Gasteiger partial charge in [0.25, 0.3) is 0 Å². The minimum Gasteiger partial charge on any atom is -0.382 e. The molecule has 0 aromatic heterocycles. The quantitative estimate of drug-likeness (QED) is 0.661. The van der Waals surface area contributed by atoms with E-state index in [0.717, 1.165) is 6.42 Å². The molecule has 1 nitrogen and oxygen atoms in total. The number of nitrogens with one attached hydrogen (secondary N) is 1. The van der Waals surface area contributed by atoms with Gasteiger partial charge < -0.3 is 5.32 Å². The second-order valence-electron chi connectivity index (χ2n) is 4.07. The predicted octanol–water partition coefficient (Wildman–Crippen LogP) is 3.20. The van der Waals surface area contributed by atoms with Crippen molar-refractivity contribution < 1.29 is 0 Å². The number of hydrogen-bond donors (Lipinski definition) is 1. The lowest BCUT2D eigenvalue weighted by molar-refractivity contribution is 0.839. The van der Waals surface area contributed by atoms with Gasteiger partial charge in [-0.05, 0) is 24.3 Å². The zero-order valence-corrected chi connectivity index (χ0v) is 8.25. The summed E-state index contributed by atoms with van der Waals surface area (Å²) in [5.41, 5.74) is 2.80. The van der Waals surface area contributed by atoms with Crippen LogP contribution in [-0.4, -0.2) is 6.04 Å². The van der Waals surface area contributed by atoms with Crippen LogP contribution in [0.1, 0.15) is 12.5 Å². The summed E-state index contributed by atoms with van der Waals surface area (Å²) in [6, 6.07) is 13.6. The van der Waals surface area contributed by atoms with Crippen molar-refractivity contribution in [3.8, 4) is 0 Å². The Bertz CT molecular complexity index is 488. The first kappa shape index (κ1) is 7.86. The highest BCUT2D eigenvalue weighted by Gasteiger charge is 2.17. The minimum atomic E-state index is 0.579. The third kappa shape index (κ3) is 1.02. The maximum atomic E-state index is 3.54. The lowest BCUT2D eigenvalue weighted by atomic mass is 10.0. The zero-order valence-electron chi connectivity index (χ0n) is 8.25. The van der Waals surface area contributed by atoms with E-state index in [-0.39, 0.29) is 0 Å². The monoisotopic (exact) mass is 183 g/mol. The molecule has 0 amide bonds. The number of benzene rings is 2. The van der Waals surface area contributed by atoms with Crippen molar-refractivity contribution in [2.45, 2.75) is 19.4 Å². The van der Waals surface area contributed by atoms with E-state index in [4.69, 9.17) is 0 Å². The van der Waals surface area contributed by atoms with Crippen LogP contribution in [0.4, 0.5) is 5.69 Å². The fourth-order valence-corrected chi connectivity index (χ4v) is 2.28. The van der Waals surface area contributed by atoms with Crippen LogP contribution in [0.3, 0.4) is 0 Å². The van der Waals surface area contributed by atoms with Crippen LogP contribution in [0, 0.1) is 0 Å². The molecule has 0 saturated carbocycles. The molecule has 1 heteroatoms. The Hall–Kier alpha value is -1.50. The third-order valence-electron chi connectivity index (χ3n) is 2.93. The highest BCUT2D eigenvalue weighted by Crippen LogP contribution is 2.33. The van der Waals surface area contributed by atoms with Crippen LogP contribution < -0.4 is 5.32 Å². The highest BCUT2D eigenvalue weighted by molar-refractivity contribution is 5.96. The Balaban J connectivity index is 2.33. The average Bonchev–Trinajstić information content (AvgIpc) is 2.59. The van der Waals surface area contributed by atoms with Gasteiger partial charge in [-0.2, -0.15) is 0 Å². The van der Waals surface area contributed by atoms with E-state index in [1.807, 2.05) is 0 Å². The molecule has 1 atom stereocenters. The average molecular weight is 183 g/mol. The molecule has 3 rings (SSSR count). The van der Waals surface area contributed by atoms with Crippen molar-refractivity contribution >= 4 is 16.5 Å². The van der Waals surface area contributed by atoms with Gasteiger partial charge >= 0.3 is 0 Å². The largest absolute Gasteiger partial charge is 0.382 e. The van der Waals surface area contributed by atoms with E-state index in [1.54, 1.807) is 0 Å². The molecule has 0 aliphatic carbocycles. The Morgan fingerprint density at radius 1 is 1.14 bits per heavy atom. The summed E-state index contributed by atoms with van der Waals surface area (Å²) in [6.45, 7) is 2.23. The van der Waals surface area contributed by atoms with Gasteiger partial charge in [0.15, 0.2) is 0 Å². The second-order valence-corrected chi connectivity index (χ2v) is 4.07. The van der Waals surface area contributed by atoms with E-state index < -0.39 is 0 Å². The number of fused-ring (bicyclic) bond motifs is 3. The highest BCUT2D eigenvalue weighted by atomic mass is 14.9. The molecule has 2 aromatic rings.